The molecule has 0 bridgehead atoms. The fraction of sp³-hybridized carbons (Fsp3) is 0.917. The Kier molecular flexibility index (Phi) is 6.37. The van der Waals surface area contributed by atoms with Gasteiger partial charge in [-0.3, -0.25) is 0 Å². The first-order valence-electron chi connectivity index (χ1n) is 5.85. The molecule has 1 amide bonds. The van der Waals surface area contributed by atoms with Gasteiger partial charge in [-0.05, 0) is 33.1 Å². The maximum atomic E-state index is 11.8. The van der Waals surface area contributed by atoms with Crippen LogP contribution in [0.15, 0.2) is 0 Å². The summed E-state index contributed by atoms with van der Waals surface area (Å²) >= 11 is 0. The zero-order chi connectivity index (χ0) is 12.0. The first-order valence-corrected chi connectivity index (χ1v) is 5.85. The van der Waals surface area contributed by atoms with Crippen molar-refractivity contribution in [3.8, 4) is 0 Å². The van der Waals surface area contributed by atoms with Gasteiger partial charge in [-0.25, -0.2) is 4.79 Å². The molecule has 0 aromatic carbocycles. The van der Waals surface area contributed by atoms with Crippen LogP contribution in [0.1, 0.15) is 48.0 Å². The van der Waals surface area contributed by atoms with E-state index in [1.54, 1.807) is 0 Å². The van der Waals surface area contributed by atoms with Gasteiger partial charge < -0.3 is 9.64 Å². The quantitative estimate of drug-likeness (QED) is 0.704. The average Bonchev–Trinajstić information content (AvgIpc) is 2.11. The van der Waals surface area contributed by atoms with E-state index in [0.29, 0.717) is 5.92 Å². The number of nitrogens with zero attached hydrogens (tertiary/aromatic N) is 1. The molecule has 90 valence electrons. The smallest absolute Gasteiger partial charge is 0.410 e. The largest absolute Gasteiger partial charge is 0.447 e. The van der Waals surface area contributed by atoms with Crippen molar-refractivity contribution in [2.24, 2.45) is 5.92 Å². The Hall–Kier alpha value is -0.730. The molecule has 0 heterocycles. The molecule has 3 nitrogen and oxygen atoms in total. The Balaban J connectivity index is 4.40. The fourth-order valence-electron chi connectivity index (χ4n) is 1.32. The van der Waals surface area contributed by atoms with Crippen molar-refractivity contribution in [1.82, 2.24) is 4.90 Å². The Labute approximate surface area is 93.8 Å². The number of carbonyl (C=O) groups excluding carboxylic acids is 1. The highest BCUT2D eigenvalue weighted by molar-refractivity contribution is 5.68. The van der Waals surface area contributed by atoms with Crippen LogP contribution in [-0.4, -0.2) is 29.7 Å². The molecule has 0 saturated carbocycles. The lowest BCUT2D eigenvalue weighted by Gasteiger charge is -2.30. The highest BCUT2D eigenvalue weighted by atomic mass is 16.6. The maximum Gasteiger partial charge on any atom is 0.410 e. The summed E-state index contributed by atoms with van der Waals surface area (Å²) in [7, 11) is 0. The van der Waals surface area contributed by atoms with Gasteiger partial charge in [0.2, 0.25) is 0 Å². The molecule has 0 spiro atoms. The lowest BCUT2D eigenvalue weighted by Crippen LogP contribution is -2.41. The monoisotopic (exact) mass is 215 g/mol. The molecule has 0 aromatic heterocycles. The molecule has 0 N–H and O–H groups in total. The summed E-state index contributed by atoms with van der Waals surface area (Å²) in [5, 5.41) is 0. The molecule has 0 aromatic rings. The van der Waals surface area contributed by atoms with Gasteiger partial charge in [0.15, 0.2) is 0 Å². The van der Waals surface area contributed by atoms with Gasteiger partial charge in [0.05, 0.1) is 6.10 Å². The first kappa shape index (κ1) is 14.3. The Bertz CT molecular complexity index is 190. The summed E-state index contributed by atoms with van der Waals surface area (Å²) < 4.78 is 5.22. The zero-order valence-corrected chi connectivity index (χ0v) is 10.9. The topological polar surface area (TPSA) is 29.5 Å². The van der Waals surface area contributed by atoms with Crippen LogP contribution < -0.4 is 0 Å². The molecule has 1 unspecified atom stereocenters. The van der Waals surface area contributed by atoms with E-state index >= 15 is 0 Å². The zero-order valence-electron chi connectivity index (χ0n) is 10.9. The first-order chi connectivity index (χ1) is 6.88. The normalized spacial score (nSPS) is 13.1. The summed E-state index contributed by atoms with van der Waals surface area (Å²) in [6, 6.07) is 0.249. The number of rotatable bonds is 5. The highest BCUT2D eigenvalue weighted by Gasteiger charge is 2.21. The van der Waals surface area contributed by atoms with Crippen molar-refractivity contribution in [1.29, 1.82) is 0 Å². The summed E-state index contributed by atoms with van der Waals surface area (Å²) in [6.07, 6.45) is 0.726. The van der Waals surface area contributed by atoms with Crippen LogP contribution in [0.3, 0.4) is 0 Å². The van der Waals surface area contributed by atoms with Crippen molar-refractivity contribution in [2.75, 3.05) is 6.54 Å². The van der Waals surface area contributed by atoms with Crippen molar-refractivity contribution in [2.45, 2.75) is 60.1 Å². The Morgan fingerprint density at radius 1 is 1.20 bits per heavy atom. The number of ether oxygens (including phenoxy) is 1. The Morgan fingerprint density at radius 2 is 1.73 bits per heavy atom. The van der Waals surface area contributed by atoms with E-state index in [4.69, 9.17) is 4.74 Å². The molecule has 15 heavy (non-hydrogen) atoms. The van der Waals surface area contributed by atoms with E-state index < -0.39 is 0 Å². The molecule has 0 radical (unpaired) electrons. The van der Waals surface area contributed by atoms with E-state index in [1.807, 2.05) is 18.7 Å². The molecule has 0 rings (SSSR count). The van der Waals surface area contributed by atoms with Crippen molar-refractivity contribution in [3.63, 3.8) is 0 Å². The van der Waals surface area contributed by atoms with Gasteiger partial charge in [-0.15, -0.1) is 0 Å². The lowest BCUT2D eigenvalue weighted by atomic mass is 10.1. The van der Waals surface area contributed by atoms with Crippen LogP contribution >= 0.6 is 0 Å². The van der Waals surface area contributed by atoms with Gasteiger partial charge in [0.25, 0.3) is 0 Å². The molecule has 0 saturated heterocycles. The molecular formula is C12H25NO2. The third-order valence-electron chi connectivity index (χ3n) is 2.26. The summed E-state index contributed by atoms with van der Waals surface area (Å²) in [4.78, 5) is 13.6. The van der Waals surface area contributed by atoms with E-state index in [1.165, 1.54) is 0 Å². The molecular weight excluding hydrogens is 190 g/mol. The molecule has 3 heteroatoms. The highest BCUT2D eigenvalue weighted by Crippen LogP contribution is 2.10. The number of carbonyl (C=O) groups is 1. The number of hydrogen-bond acceptors (Lipinski definition) is 2. The van der Waals surface area contributed by atoms with Gasteiger partial charge in [0.1, 0.15) is 0 Å². The van der Waals surface area contributed by atoms with Crippen molar-refractivity contribution in [3.05, 3.63) is 0 Å². The standard InChI is InChI=1S/C12H25NO2/c1-7-11(6)13(8-9(2)3)12(14)15-10(4)5/h9-11H,7-8H2,1-6H3. The minimum absolute atomic E-state index is 0.0452. The van der Waals surface area contributed by atoms with Gasteiger partial charge in [0, 0.05) is 12.6 Å². The predicted molar refractivity (Wildman–Crippen MR) is 62.9 cm³/mol. The SMILES string of the molecule is CCC(C)N(CC(C)C)C(=O)OC(C)C. The number of hydrogen-bond donors (Lipinski definition) is 0. The van der Waals surface area contributed by atoms with Gasteiger partial charge >= 0.3 is 6.09 Å². The third kappa shape index (κ3) is 5.65. The second-order valence-corrected chi connectivity index (χ2v) is 4.74. The molecule has 1 atom stereocenters. The minimum Gasteiger partial charge on any atom is -0.447 e. The molecule has 0 aliphatic heterocycles. The molecule has 0 aliphatic rings. The summed E-state index contributed by atoms with van der Waals surface area (Å²) in [5.74, 6) is 0.471. The summed E-state index contributed by atoms with van der Waals surface area (Å²) in [5.41, 5.74) is 0. The van der Waals surface area contributed by atoms with Crippen molar-refractivity contribution < 1.29 is 9.53 Å². The fourth-order valence-corrected chi connectivity index (χ4v) is 1.32. The van der Waals surface area contributed by atoms with Crippen LogP contribution in [0.25, 0.3) is 0 Å². The number of amides is 1. The van der Waals surface area contributed by atoms with Crippen LogP contribution in [0, 0.1) is 5.92 Å². The van der Waals surface area contributed by atoms with Gasteiger partial charge in [-0.2, -0.15) is 0 Å². The van der Waals surface area contributed by atoms with E-state index in [2.05, 4.69) is 27.7 Å². The van der Waals surface area contributed by atoms with E-state index in [9.17, 15) is 4.79 Å². The van der Waals surface area contributed by atoms with Crippen molar-refractivity contribution >= 4 is 6.09 Å². The summed E-state index contributed by atoms with van der Waals surface area (Å²) in [6.45, 7) is 12.9. The third-order valence-corrected chi connectivity index (χ3v) is 2.26. The second kappa shape index (κ2) is 6.70. The second-order valence-electron chi connectivity index (χ2n) is 4.74. The van der Waals surface area contributed by atoms with Crippen LogP contribution in [0.5, 0.6) is 0 Å². The van der Waals surface area contributed by atoms with Crippen LogP contribution in [0.2, 0.25) is 0 Å². The molecule has 0 aliphatic carbocycles. The average molecular weight is 215 g/mol. The van der Waals surface area contributed by atoms with Crippen LogP contribution in [-0.2, 0) is 4.74 Å². The lowest BCUT2D eigenvalue weighted by molar-refractivity contribution is 0.0607. The maximum absolute atomic E-state index is 11.8. The molecule has 0 fully saturated rings. The minimum atomic E-state index is -0.187. The van der Waals surface area contributed by atoms with Crippen LogP contribution in [0.4, 0.5) is 4.79 Å². The predicted octanol–water partition coefficient (Wildman–Crippen LogP) is 3.29. The van der Waals surface area contributed by atoms with E-state index in [-0.39, 0.29) is 18.2 Å². The van der Waals surface area contributed by atoms with E-state index in [0.717, 1.165) is 13.0 Å². The Morgan fingerprint density at radius 3 is 2.07 bits per heavy atom. The van der Waals surface area contributed by atoms with Gasteiger partial charge in [-0.1, -0.05) is 20.8 Å².